The molecule has 5 atom stereocenters. The Bertz CT molecular complexity index is 658. The van der Waals surface area contributed by atoms with Gasteiger partial charge in [0.15, 0.2) is 24.6 Å². The van der Waals surface area contributed by atoms with Crippen molar-refractivity contribution in [3.8, 4) is 0 Å². The lowest BCUT2D eigenvalue weighted by Crippen LogP contribution is -2.63. The van der Waals surface area contributed by atoms with Crippen molar-refractivity contribution in [2.45, 2.75) is 77.2 Å². The number of esters is 4. The average Bonchev–Trinajstić information content (AvgIpc) is 2.65. The van der Waals surface area contributed by atoms with Crippen LogP contribution >= 0.6 is 0 Å². The fourth-order valence-corrected chi connectivity index (χ4v) is 3.21. The van der Waals surface area contributed by atoms with Gasteiger partial charge in [-0.15, -0.1) is 0 Å². The summed E-state index contributed by atoms with van der Waals surface area (Å²) in [6, 6.07) is 0. The summed E-state index contributed by atoms with van der Waals surface area (Å²) in [5.41, 5.74) is 0. The van der Waals surface area contributed by atoms with Crippen molar-refractivity contribution in [3.05, 3.63) is 12.2 Å². The van der Waals surface area contributed by atoms with E-state index in [2.05, 4.69) is 0 Å². The predicted molar refractivity (Wildman–Crippen MR) is 99.8 cm³/mol. The van der Waals surface area contributed by atoms with Crippen molar-refractivity contribution in [1.29, 1.82) is 0 Å². The van der Waals surface area contributed by atoms with Crippen LogP contribution in [0.5, 0.6) is 0 Å². The van der Waals surface area contributed by atoms with Crippen LogP contribution in [-0.2, 0) is 47.6 Å². The Labute approximate surface area is 174 Å². The van der Waals surface area contributed by atoms with Gasteiger partial charge < -0.3 is 28.4 Å². The van der Waals surface area contributed by atoms with E-state index in [0.29, 0.717) is 19.3 Å². The highest BCUT2D eigenvalue weighted by atomic mass is 16.7. The summed E-state index contributed by atoms with van der Waals surface area (Å²) in [4.78, 5) is 47.1. The van der Waals surface area contributed by atoms with Crippen LogP contribution in [0, 0.1) is 0 Å². The van der Waals surface area contributed by atoms with Gasteiger partial charge in [0.2, 0.25) is 0 Å². The maximum Gasteiger partial charge on any atom is 0.306 e. The number of rotatable bonds is 3. The molecule has 0 radical (unpaired) electrons. The van der Waals surface area contributed by atoms with Crippen molar-refractivity contribution in [1.82, 2.24) is 0 Å². The first-order chi connectivity index (χ1) is 14.3. The minimum atomic E-state index is -1.20. The minimum Gasteiger partial charge on any atom is -0.463 e. The van der Waals surface area contributed by atoms with Crippen LogP contribution in [-0.4, -0.2) is 67.8 Å². The van der Waals surface area contributed by atoms with Crippen LogP contribution in [0.15, 0.2) is 12.2 Å². The summed E-state index contributed by atoms with van der Waals surface area (Å²) in [5, 5.41) is 0. The largest absolute Gasteiger partial charge is 0.463 e. The molecular weight excluding hydrogens is 400 g/mol. The van der Waals surface area contributed by atoms with Gasteiger partial charge in [-0.1, -0.05) is 12.2 Å². The van der Waals surface area contributed by atoms with Crippen LogP contribution < -0.4 is 0 Å². The Morgan fingerprint density at radius 3 is 2.17 bits per heavy atom. The number of hydrogen-bond acceptors (Lipinski definition) is 10. The Balaban J connectivity index is 2.35. The highest BCUT2D eigenvalue weighted by molar-refractivity contribution is 5.70. The van der Waals surface area contributed by atoms with Crippen LogP contribution in [0.3, 0.4) is 0 Å². The van der Waals surface area contributed by atoms with E-state index in [9.17, 15) is 19.2 Å². The molecule has 0 unspecified atom stereocenters. The van der Waals surface area contributed by atoms with E-state index in [1.807, 2.05) is 12.2 Å². The molecule has 0 amide bonds. The lowest BCUT2D eigenvalue weighted by atomic mass is 9.98. The summed E-state index contributed by atoms with van der Waals surface area (Å²) < 4.78 is 32.8. The molecule has 2 heterocycles. The third kappa shape index (κ3) is 7.42. The van der Waals surface area contributed by atoms with Gasteiger partial charge in [0.05, 0.1) is 6.61 Å². The van der Waals surface area contributed by atoms with Gasteiger partial charge in [-0.2, -0.15) is 0 Å². The second-order valence-electron chi connectivity index (χ2n) is 6.97. The van der Waals surface area contributed by atoms with Crippen molar-refractivity contribution in [2.24, 2.45) is 0 Å². The van der Waals surface area contributed by atoms with Gasteiger partial charge in [-0.3, -0.25) is 19.2 Å². The monoisotopic (exact) mass is 428 g/mol. The third-order valence-corrected chi connectivity index (χ3v) is 4.38. The molecule has 10 nitrogen and oxygen atoms in total. The van der Waals surface area contributed by atoms with Gasteiger partial charge in [-0.05, 0) is 19.3 Å². The first kappa shape index (κ1) is 23.8. The zero-order valence-corrected chi connectivity index (χ0v) is 17.4. The molecule has 1 saturated heterocycles. The van der Waals surface area contributed by atoms with E-state index in [-0.39, 0.29) is 19.6 Å². The van der Waals surface area contributed by atoms with E-state index < -0.39 is 54.6 Å². The first-order valence-corrected chi connectivity index (χ1v) is 9.87. The Hall–Kier alpha value is -2.46. The minimum absolute atomic E-state index is 0.185. The number of fused-ring (bicyclic) bond motifs is 2. The predicted octanol–water partition coefficient (Wildman–Crippen LogP) is 1.20. The Morgan fingerprint density at radius 1 is 0.900 bits per heavy atom. The molecule has 0 spiro atoms. The number of carbonyl (C=O) groups excluding carboxylic acids is 4. The third-order valence-electron chi connectivity index (χ3n) is 4.38. The Morgan fingerprint density at radius 2 is 1.50 bits per heavy atom. The maximum atomic E-state index is 12.0. The van der Waals surface area contributed by atoms with E-state index in [4.69, 9.17) is 28.4 Å². The molecule has 2 aliphatic heterocycles. The topological polar surface area (TPSA) is 124 Å². The number of carbonyl (C=O) groups is 4. The summed E-state index contributed by atoms with van der Waals surface area (Å²) >= 11 is 0. The van der Waals surface area contributed by atoms with Gasteiger partial charge in [0.1, 0.15) is 12.7 Å². The molecule has 0 aromatic rings. The van der Waals surface area contributed by atoms with Crippen LogP contribution in [0.1, 0.15) is 46.5 Å². The standard InChI is InChI=1S/C20H28O10/c1-12(21)27-17-15-11-26-16(24)9-7-5-4-6-8-10-25-20(30-15)19(29-14(3)23)18(17)28-13(2)22/h4-5,15,17-20H,6-11H2,1-3H3/b5-4+/t15-,17-,18+,19-,20-/m1/s1. The fraction of sp³-hybridized carbons (Fsp3) is 0.700. The molecule has 0 saturated carbocycles. The number of hydrogen-bond donors (Lipinski definition) is 0. The van der Waals surface area contributed by atoms with Gasteiger partial charge in [0.25, 0.3) is 0 Å². The molecule has 0 aromatic heterocycles. The van der Waals surface area contributed by atoms with Crippen LogP contribution in [0.25, 0.3) is 0 Å². The number of ether oxygens (including phenoxy) is 6. The SMILES string of the molecule is CC(=O)O[C@@H]1[C@@H](OC(C)=O)[C@@H]2OCCC/C=C/CCC(=O)OC[C@@H](O2)[C@H]1OC(C)=O. The number of cyclic esters (lactones) is 1. The zero-order valence-electron chi connectivity index (χ0n) is 17.4. The molecule has 2 aliphatic rings. The van der Waals surface area contributed by atoms with Crippen molar-refractivity contribution in [3.63, 3.8) is 0 Å². The summed E-state index contributed by atoms with van der Waals surface area (Å²) in [7, 11) is 0. The quantitative estimate of drug-likeness (QED) is 0.368. The van der Waals surface area contributed by atoms with Crippen LogP contribution in [0.4, 0.5) is 0 Å². The van der Waals surface area contributed by atoms with Gasteiger partial charge in [-0.25, -0.2) is 0 Å². The second-order valence-corrected chi connectivity index (χ2v) is 6.97. The molecule has 1 fully saturated rings. The van der Waals surface area contributed by atoms with Crippen LogP contribution in [0.2, 0.25) is 0 Å². The van der Waals surface area contributed by atoms with Crippen molar-refractivity contribution >= 4 is 23.9 Å². The molecule has 10 heteroatoms. The molecule has 2 rings (SSSR count). The molecule has 0 aromatic carbocycles. The number of allylic oxidation sites excluding steroid dienone is 2. The summed E-state index contributed by atoms with van der Waals surface area (Å²) in [6.45, 7) is 3.56. The fourth-order valence-electron chi connectivity index (χ4n) is 3.21. The Kier molecular flexibility index (Phi) is 9.25. The smallest absolute Gasteiger partial charge is 0.306 e. The highest BCUT2D eigenvalue weighted by Gasteiger charge is 2.52. The highest BCUT2D eigenvalue weighted by Crippen LogP contribution is 2.30. The molecule has 30 heavy (non-hydrogen) atoms. The van der Waals surface area contributed by atoms with E-state index in [1.165, 1.54) is 20.8 Å². The maximum absolute atomic E-state index is 12.0. The molecule has 168 valence electrons. The van der Waals surface area contributed by atoms with Crippen molar-refractivity contribution < 1.29 is 47.6 Å². The summed E-state index contributed by atoms with van der Waals surface area (Å²) in [5.74, 6) is -2.45. The zero-order chi connectivity index (χ0) is 22.1. The second kappa shape index (κ2) is 11.7. The molecule has 2 bridgehead atoms. The average molecular weight is 428 g/mol. The summed E-state index contributed by atoms with van der Waals surface area (Å²) in [6.07, 6.45) is 0.276. The van der Waals surface area contributed by atoms with E-state index in [1.54, 1.807) is 0 Å². The molecule has 0 aliphatic carbocycles. The lowest BCUT2D eigenvalue weighted by Gasteiger charge is -2.44. The first-order valence-electron chi connectivity index (χ1n) is 9.87. The molecule has 0 N–H and O–H groups in total. The van der Waals surface area contributed by atoms with Crippen molar-refractivity contribution in [2.75, 3.05) is 13.2 Å². The van der Waals surface area contributed by atoms with Gasteiger partial charge >= 0.3 is 23.9 Å². The van der Waals surface area contributed by atoms with Gasteiger partial charge in [0, 0.05) is 27.2 Å². The molecular formula is C20H28O10. The lowest BCUT2D eigenvalue weighted by molar-refractivity contribution is -0.308. The van der Waals surface area contributed by atoms with E-state index >= 15 is 0 Å². The van der Waals surface area contributed by atoms with E-state index in [0.717, 1.165) is 0 Å². The normalized spacial score (nSPS) is 31.4.